The Bertz CT molecular complexity index is 736. The van der Waals surface area contributed by atoms with Crippen LogP contribution in [-0.2, 0) is 4.74 Å². The molecule has 3 nitrogen and oxygen atoms in total. The lowest BCUT2D eigenvalue weighted by Crippen LogP contribution is -2.56. The van der Waals surface area contributed by atoms with Crippen molar-refractivity contribution in [1.29, 1.82) is 0 Å². The Labute approximate surface area is 138 Å². The van der Waals surface area contributed by atoms with Gasteiger partial charge in [-0.1, -0.05) is 31.5 Å². The molecule has 1 saturated carbocycles. The first kappa shape index (κ1) is 14.1. The van der Waals surface area contributed by atoms with Crippen LogP contribution in [0.15, 0.2) is 24.3 Å². The van der Waals surface area contributed by atoms with Crippen molar-refractivity contribution in [3.63, 3.8) is 0 Å². The van der Waals surface area contributed by atoms with E-state index in [1.807, 2.05) is 7.11 Å². The van der Waals surface area contributed by atoms with Crippen molar-refractivity contribution in [1.82, 2.24) is 9.88 Å². The molecule has 2 unspecified atom stereocenters. The topological polar surface area (TPSA) is 28.3 Å². The summed E-state index contributed by atoms with van der Waals surface area (Å²) >= 11 is 0. The first-order valence-corrected chi connectivity index (χ1v) is 9.17. The molecule has 0 spiro atoms. The molecule has 2 saturated heterocycles. The zero-order valence-corrected chi connectivity index (χ0v) is 14.1. The zero-order valence-electron chi connectivity index (χ0n) is 14.1. The van der Waals surface area contributed by atoms with Gasteiger partial charge in [0.25, 0.3) is 0 Å². The fraction of sp³-hybridized carbons (Fsp3) is 0.600. The molecule has 1 aliphatic carbocycles. The molecule has 1 N–H and O–H groups in total. The van der Waals surface area contributed by atoms with Gasteiger partial charge in [0.15, 0.2) is 0 Å². The van der Waals surface area contributed by atoms with Crippen molar-refractivity contribution >= 4 is 10.9 Å². The molecule has 0 radical (unpaired) electrons. The molecular formula is C20H26N2O. The van der Waals surface area contributed by atoms with Crippen molar-refractivity contribution in [3.8, 4) is 0 Å². The summed E-state index contributed by atoms with van der Waals surface area (Å²) in [6.45, 7) is 4.71. The quantitative estimate of drug-likeness (QED) is 0.905. The van der Waals surface area contributed by atoms with E-state index in [0.29, 0.717) is 12.0 Å². The van der Waals surface area contributed by atoms with Crippen LogP contribution < -0.4 is 0 Å². The lowest BCUT2D eigenvalue weighted by atomic mass is 9.65. The van der Waals surface area contributed by atoms with E-state index in [0.717, 1.165) is 18.4 Å². The highest BCUT2D eigenvalue weighted by Gasteiger charge is 2.50. The molecule has 2 aromatic rings. The lowest BCUT2D eigenvalue weighted by molar-refractivity contribution is -0.0389. The number of benzene rings is 1. The fourth-order valence-electron chi connectivity index (χ4n) is 5.86. The highest BCUT2D eigenvalue weighted by molar-refractivity contribution is 5.85. The van der Waals surface area contributed by atoms with Gasteiger partial charge >= 0.3 is 0 Å². The van der Waals surface area contributed by atoms with Crippen molar-refractivity contribution in [3.05, 3.63) is 35.5 Å². The van der Waals surface area contributed by atoms with Gasteiger partial charge in [0.2, 0.25) is 0 Å². The minimum atomic E-state index is 0.197. The molecule has 23 heavy (non-hydrogen) atoms. The molecule has 4 bridgehead atoms. The number of H-pyrrole nitrogens is 1. The van der Waals surface area contributed by atoms with Gasteiger partial charge in [-0.25, -0.2) is 0 Å². The number of aromatic nitrogens is 1. The number of hydrogen-bond acceptors (Lipinski definition) is 2. The fourth-order valence-corrected chi connectivity index (χ4v) is 5.86. The lowest BCUT2D eigenvalue weighted by Gasteiger charge is -2.53. The third-order valence-electron chi connectivity index (χ3n) is 6.71. The number of ether oxygens (including phenoxy) is 1. The molecule has 3 aliphatic heterocycles. The van der Waals surface area contributed by atoms with Crippen LogP contribution in [0.25, 0.3) is 10.9 Å². The summed E-state index contributed by atoms with van der Waals surface area (Å²) in [4.78, 5) is 6.56. The predicted octanol–water partition coefficient (Wildman–Crippen LogP) is 4.07. The largest absolute Gasteiger partial charge is 0.375 e. The van der Waals surface area contributed by atoms with E-state index < -0.39 is 0 Å². The van der Waals surface area contributed by atoms with E-state index in [-0.39, 0.29) is 6.10 Å². The number of methoxy groups -OCH3 is 1. The van der Waals surface area contributed by atoms with E-state index in [2.05, 4.69) is 41.1 Å². The number of rotatable bonds is 2. The van der Waals surface area contributed by atoms with Crippen molar-refractivity contribution in [2.75, 3.05) is 20.2 Å². The number of para-hydroxylation sites is 1. The van der Waals surface area contributed by atoms with Crippen LogP contribution in [0, 0.1) is 11.8 Å². The summed E-state index contributed by atoms with van der Waals surface area (Å²) in [5.74, 6) is 2.38. The highest BCUT2D eigenvalue weighted by atomic mass is 16.5. The SMILES string of the molecule is CC[C@H]1C[C@@H]2C[C@H]3c4[nH]c5ccccc5c4C(OC)CN(C2)[C@@H]13. The molecule has 3 heteroatoms. The number of hydrogen-bond donors (Lipinski definition) is 1. The van der Waals surface area contributed by atoms with Crippen LogP contribution in [-0.4, -0.2) is 36.1 Å². The third kappa shape index (κ3) is 1.90. The maximum Gasteiger partial charge on any atom is 0.0971 e. The normalized spacial score (nSPS) is 38.5. The van der Waals surface area contributed by atoms with Gasteiger partial charge < -0.3 is 9.72 Å². The maximum atomic E-state index is 5.99. The second-order valence-corrected chi connectivity index (χ2v) is 7.78. The van der Waals surface area contributed by atoms with E-state index in [4.69, 9.17) is 4.74 Å². The van der Waals surface area contributed by atoms with Gasteiger partial charge in [0.1, 0.15) is 0 Å². The summed E-state index contributed by atoms with van der Waals surface area (Å²) in [6, 6.07) is 9.47. The molecule has 0 amide bonds. The van der Waals surface area contributed by atoms with Gasteiger partial charge in [0, 0.05) is 54.3 Å². The Balaban J connectivity index is 1.72. The second kappa shape index (κ2) is 5.09. The molecule has 3 fully saturated rings. The van der Waals surface area contributed by atoms with Gasteiger partial charge in [0.05, 0.1) is 6.10 Å². The van der Waals surface area contributed by atoms with Crippen molar-refractivity contribution in [2.24, 2.45) is 11.8 Å². The second-order valence-electron chi connectivity index (χ2n) is 7.78. The standard InChI is InChI=1S/C20H26N2O/c1-3-13-8-12-9-15-19-18(14-6-4-5-7-16(14)21-19)17(23-2)11-22(10-12)20(13)15/h4-7,12-13,15,17,20-21H,3,8-11H2,1-2H3/t12-,13+,15+,17?,20+/m1/s1. The summed E-state index contributed by atoms with van der Waals surface area (Å²) < 4.78 is 5.99. The van der Waals surface area contributed by atoms with Crippen LogP contribution in [0.2, 0.25) is 0 Å². The zero-order chi connectivity index (χ0) is 15.6. The van der Waals surface area contributed by atoms with Gasteiger partial charge in [-0.2, -0.15) is 0 Å². The third-order valence-corrected chi connectivity index (χ3v) is 6.71. The maximum absolute atomic E-state index is 5.99. The molecule has 6 atom stereocenters. The number of nitrogens with zero attached hydrogens (tertiary/aromatic N) is 1. The van der Waals surface area contributed by atoms with Crippen LogP contribution >= 0.6 is 0 Å². The summed E-state index contributed by atoms with van der Waals surface area (Å²) in [6.07, 6.45) is 4.29. The number of nitrogens with one attached hydrogen (secondary N) is 1. The number of fused-ring (bicyclic) bond motifs is 4. The minimum Gasteiger partial charge on any atom is -0.375 e. The summed E-state index contributed by atoms with van der Waals surface area (Å²) in [5, 5.41) is 1.37. The van der Waals surface area contributed by atoms with E-state index >= 15 is 0 Å². The van der Waals surface area contributed by atoms with Crippen molar-refractivity contribution < 1.29 is 4.74 Å². The molecule has 1 aromatic heterocycles. The monoisotopic (exact) mass is 310 g/mol. The van der Waals surface area contributed by atoms with E-state index in [1.165, 1.54) is 48.0 Å². The van der Waals surface area contributed by atoms with Crippen LogP contribution in [0.3, 0.4) is 0 Å². The Morgan fingerprint density at radius 2 is 2.09 bits per heavy atom. The average molecular weight is 310 g/mol. The predicted molar refractivity (Wildman–Crippen MR) is 92.7 cm³/mol. The molecular weight excluding hydrogens is 284 g/mol. The number of piperidine rings is 2. The Morgan fingerprint density at radius 1 is 1.22 bits per heavy atom. The molecule has 6 rings (SSSR count). The molecule has 4 aliphatic rings. The van der Waals surface area contributed by atoms with Gasteiger partial charge in [-0.05, 0) is 30.7 Å². The molecule has 1 aromatic carbocycles. The molecule has 4 heterocycles. The Morgan fingerprint density at radius 3 is 2.91 bits per heavy atom. The summed E-state index contributed by atoms with van der Waals surface area (Å²) in [5.41, 5.74) is 4.20. The van der Waals surface area contributed by atoms with E-state index in [9.17, 15) is 0 Å². The van der Waals surface area contributed by atoms with Gasteiger partial charge in [-0.15, -0.1) is 0 Å². The first-order chi connectivity index (χ1) is 11.3. The molecule has 122 valence electrons. The smallest absolute Gasteiger partial charge is 0.0971 e. The first-order valence-electron chi connectivity index (χ1n) is 9.17. The van der Waals surface area contributed by atoms with Crippen LogP contribution in [0.5, 0.6) is 0 Å². The van der Waals surface area contributed by atoms with Crippen LogP contribution in [0.4, 0.5) is 0 Å². The Kier molecular flexibility index (Phi) is 3.11. The van der Waals surface area contributed by atoms with Crippen molar-refractivity contribution in [2.45, 2.75) is 44.2 Å². The minimum absolute atomic E-state index is 0.197. The summed E-state index contributed by atoms with van der Waals surface area (Å²) in [7, 11) is 1.88. The number of aromatic amines is 1. The van der Waals surface area contributed by atoms with Gasteiger partial charge in [-0.3, -0.25) is 4.90 Å². The van der Waals surface area contributed by atoms with Crippen LogP contribution in [0.1, 0.15) is 49.5 Å². The average Bonchev–Trinajstić information content (AvgIpc) is 2.94. The Hall–Kier alpha value is -1.32. The highest BCUT2D eigenvalue weighted by Crippen LogP contribution is 2.52. The van der Waals surface area contributed by atoms with E-state index in [1.54, 1.807) is 0 Å².